The minimum absolute atomic E-state index is 0.00115. The van der Waals surface area contributed by atoms with Crippen molar-refractivity contribution in [2.45, 2.75) is 76.9 Å². The summed E-state index contributed by atoms with van der Waals surface area (Å²) in [7, 11) is 1.31. The van der Waals surface area contributed by atoms with E-state index in [-0.39, 0.29) is 11.5 Å². The molecule has 0 saturated heterocycles. The lowest BCUT2D eigenvalue weighted by molar-refractivity contribution is -0.152. The first kappa shape index (κ1) is 21.8. The molecule has 4 atom stereocenters. The van der Waals surface area contributed by atoms with Gasteiger partial charge in [-0.1, -0.05) is 45.0 Å². The molecule has 0 unspecified atom stereocenters. The van der Waals surface area contributed by atoms with Crippen LogP contribution in [-0.4, -0.2) is 58.8 Å². The van der Waals surface area contributed by atoms with Gasteiger partial charge in [-0.2, -0.15) is 0 Å². The van der Waals surface area contributed by atoms with E-state index in [2.05, 4.69) is 5.32 Å². The standard InChI is InChI=1S/C21H33NO5/c1-21(2,3)10-9-16(23)17(24)18(25)19(27-4)20(26)22-15-11-13-7-5-6-8-14(13)12-15/h5-8,15-19,23-25H,9-12H2,1-4H3,(H,22,26)/t16-,17+,18-,19-/m1/s1. The fourth-order valence-corrected chi connectivity index (χ4v) is 3.50. The van der Waals surface area contributed by atoms with Crippen LogP contribution in [0.1, 0.15) is 44.7 Å². The van der Waals surface area contributed by atoms with Crippen molar-refractivity contribution in [2.75, 3.05) is 7.11 Å². The van der Waals surface area contributed by atoms with Gasteiger partial charge < -0.3 is 25.4 Å². The van der Waals surface area contributed by atoms with Crippen LogP contribution in [0.3, 0.4) is 0 Å². The topological polar surface area (TPSA) is 99.0 Å². The van der Waals surface area contributed by atoms with Crippen LogP contribution in [0.25, 0.3) is 0 Å². The summed E-state index contributed by atoms with van der Waals surface area (Å²) in [6.07, 6.45) is -2.86. The van der Waals surface area contributed by atoms with Gasteiger partial charge in [-0.25, -0.2) is 0 Å². The van der Waals surface area contributed by atoms with Crippen LogP contribution in [-0.2, 0) is 22.4 Å². The average Bonchev–Trinajstić information content (AvgIpc) is 3.00. The van der Waals surface area contributed by atoms with Gasteiger partial charge in [0.05, 0.1) is 6.10 Å². The number of rotatable bonds is 8. The van der Waals surface area contributed by atoms with Crippen LogP contribution in [0, 0.1) is 5.41 Å². The molecule has 1 aliphatic rings. The maximum atomic E-state index is 12.6. The number of carbonyl (C=O) groups is 1. The van der Waals surface area contributed by atoms with Crippen molar-refractivity contribution in [3.63, 3.8) is 0 Å². The van der Waals surface area contributed by atoms with Crippen LogP contribution in [0.4, 0.5) is 0 Å². The zero-order chi connectivity index (χ0) is 20.2. The van der Waals surface area contributed by atoms with Crippen molar-refractivity contribution in [1.29, 1.82) is 0 Å². The van der Waals surface area contributed by atoms with E-state index >= 15 is 0 Å². The second-order valence-electron chi connectivity index (χ2n) is 8.69. The third-order valence-electron chi connectivity index (χ3n) is 5.15. The van der Waals surface area contributed by atoms with E-state index in [0.717, 1.165) is 12.8 Å². The second-order valence-corrected chi connectivity index (χ2v) is 8.69. The van der Waals surface area contributed by atoms with Gasteiger partial charge in [-0.15, -0.1) is 0 Å². The molecule has 1 amide bonds. The minimum Gasteiger partial charge on any atom is -0.390 e. The number of nitrogens with one attached hydrogen (secondary N) is 1. The first-order valence-electron chi connectivity index (χ1n) is 9.56. The quantitative estimate of drug-likeness (QED) is 0.544. The Morgan fingerprint density at radius 2 is 1.70 bits per heavy atom. The number of methoxy groups -OCH3 is 1. The molecule has 0 heterocycles. The van der Waals surface area contributed by atoms with Crippen LogP contribution < -0.4 is 5.32 Å². The third kappa shape index (κ3) is 6.01. The van der Waals surface area contributed by atoms with E-state index in [9.17, 15) is 20.1 Å². The van der Waals surface area contributed by atoms with Crippen molar-refractivity contribution in [3.05, 3.63) is 35.4 Å². The maximum Gasteiger partial charge on any atom is 0.252 e. The number of hydrogen-bond donors (Lipinski definition) is 4. The number of amides is 1. The molecule has 1 aromatic rings. The van der Waals surface area contributed by atoms with E-state index in [0.29, 0.717) is 12.8 Å². The van der Waals surface area contributed by atoms with Crippen molar-refractivity contribution in [3.8, 4) is 0 Å². The van der Waals surface area contributed by atoms with Crippen LogP contribution in [0.2, 0.25) is 0 Å². The van der Waals surface area contributed by atoms with E-state index in [1.165, 1.54) is 18.2 Å². The van der Waals surface area contributed by atoms with E-state index in [1.807, 2.05) is 45.0 Å². The number of carbonyl (C=O) groups excluding carboxylic acids is 1. The molecule has 152 valence electrons. The molecule has 0 saturated carbocycles. The van der Waals surface area contributed by atoms with Gasteiger partial charge in [0, 0.05) is 13.2 Å². The van der Waals surface area contributed by atoms with Gasteiger partial charge >= 0.3 is 0 Å². The Morgan fingerprint density at radius 3 is 2.19 bits per heavy atom. The summed E-state index contributed by atoms with van der Waals surface area (Å²) in [5.74, 6) is -0.482. The van der Waals surface area contributed by atoms with Gasteiger partial charge in [0.2, 0.25) is 0 Å². The Kier molecular flexibility index (Phi) is 7.40. The highest BCUT2D eigenvalue weighted by Gasteiger charge is 2.37. The van der Waals surface area contributed by atoms with E-state index < -0.39 is 30.3 Å². The van der Waals surface area contributed by atoms with Crippen molar-refractivity contribution < 1.29 is 24.9 Å². The minimum atomic E-state index is -1.51. The molecule has 27 heavy (non-hydrogen) atoms. The molecule has 0 bridgehead atoms. The lowest BCUT2D eigenvalue weighted by Crippen LogP contribution is -2.53. The molecule has 6 heteroatoms. The highest BCUT2D eigenvalue weighted by atomic mass is 16.5. The van der Waals surface area contributed by atoms with Gasteiger partial charge in [-0.3, -0.25) is 4.79 Å². The molecule has 0 aromatic heterocycles. The smallest absolute Gasteiger partial charge is 0.252 e. The lowest BCUT2D eigenvalue weighted by Gasteiger charge is -2.30. The Morgan fingerprint density at radius 1 is 1.15 bits per heavy atom. The van der Waals surface area contributed by atoms with Crippen molar-refractivity contribution >= 4 is 5.91 Å². The highest BCUT2D eigenvalue weighted by Crippen LogP contribution is 2.24. The summed E-state index contributed by atoms with van der Waals surface area (Å²) < 4.78 is 5.14. The zero-order valence-electron chi connectivity index (χ0n) is 16.7. The van der Waals surface area contributed by atoms with E-state index in [4.69, 9.17) is 4.74 Å². The summed E-state index contributed by atoms with van der Waals surface area (Å²) in [5.41, 5.74) is 2.41. The first-order chi connectivity index (χ1) is 12.6. The number of ether oxygens (including phenoxy) is 1. The highest BCUT2D eigenvalue weighted by molar-refractivity contribution is 5.82. The summed E-state index contributed by atoms with van der Waals surface area (Å²) in [4.78, 5) is 12.6. The van der Waals surface area contributed by atoms with Gasteiger partial charge in [0.1, 0.15) is 12.2 Å². The molecule has 0 radical (unpaired) electrons. The molecule has 0 aliphatic heterocycles. The number of hydrogen-bond acceptors (Lipinski definition) is 5. The van der Waals surface area contributed by atoms with Gasteiger partial charge in [0.25, 0.3) is 5.91 Å². The van der Waals surface area contributed by atoms with Crippen LogP contribution in [0.15, 0.2) is 24.3 Å². The van der Waals surface area contributed by atoms with Crippen LogP contribution in [0.5, 0.6) is 0 Å². The summed E-state index contributed by atoms with van der Waals surface area (Å²) in [6.45, 7) is 6.11. The third-order valence-corrected chi connectivity index (χ3v) is 5.15. The average molecular weight is 379 g/mol. The monoisotopic (exact) mass is 379 g/mol. The van der Waals surface area contributed by atoms with Crippen molar-refractivity contribution in [2.24, 2.45) is 5.41 Å². The molecule has 1 aliphatic carbocycles. The van der Waals surface area contributed by atoms with E-state index in [1.54, 1.807) is 0 Å². The lowest BCUT2D eigenvalue weighted by atomic mass is 9.87. The van der Waals surface area contributed by atoms with Crippen molar-refractivity contribution in [1.82, 2.24) is 5.32 Å². The molecule has 2 rings (SSSR count). The molecule has 0 fully saturated rings. The Bertz CT molecular complexity index is 602. The maximum absolute atomic E-state index is 12.6. The molecular formula is C21H33NO5. The number of benzene rings is 1. The Hall–Kier alpha value is -1.47. The molecule has 1 aromatic carbocycles. The molecular weight excluding hydrogens is 346 g/mol. The summed E-state index contributed by atoms with van der Waals surface area (Å²) in [5, 5.41) is 33.7. The number of aliphatic hydroxyl groups excluding tert-OH is 3. The number of aliphatic hydroxyl groups is 3. The molecule has 0 spiro atoms. The molecule has 4 N–H and O–H groups in total. The SMILES string of the molecule is CO[C@@H](C(=O)NC1Cc2ccccc2C1)[C@H](O)[C@@H](O)[C@H](O)CCC(C)(C)C. The Labute approximate surface area is 161 Å². The second kappa shape index (κ2) is 9.15. The first-order valence-corrected chi connectivity index (χ1v) is 9.56. The fourth-order valence-electron chi connectivity index (χ4n) is 3.50. The summed E-state index contributed by atoms with van der Waals surface area (Å²) >= 11 is 0. The largest absolute Gasteiger partial charge is 0.390 e. The summed E-state index contributed by atoms with van der Waals surface area (Å²) in [6, 6.07) is 7.96. The Balaban J connectivity index is 1.91. The fraction of sp³-hybridized carbons (Fsp3) is 0.667. The van der Waals surface area contributed by atoms with Gasteiger partial charge in [-0.05, 0) is 42.2 Å². The number of fused-ring (bicyclic) bond motifs is 1. The molecule has 6 nitrogen and oxygen atoms in total. The van der Waals surface area contributed by atoms with Crippen LogP contribution >= 0.6 is 0 Å². The van der Waals surface area contributed by atoms with Gasteiger partial charge in [0.15, 0.2) is 6.10 Å². The zero-order valence-corrected chi connectivity index (χ0v) is 16.7. The normalized spacial score (nSPS) is 19.2. The predicted octanol–water partition coefficient (Wildman–Crippen LogP) is 1.19. The predicted molar refractivity (Wildman–Crippen MR) is 103 cm³/mol.